The van der Waals surface area contributed by atoms with Gasteiger partial charge in [0.05, 0.1) is 0 Å². The zero-order chi connectivity index (χ0) is 11.2. The molecule has 0 bridgehead atoms. The number of carbonyl (C=O) groups is 1. The van der Waals surface area contributed by atoms with E-state index in [1.165, 1.54) is 6.08 Å². The molecule has 0 fully saturated rings. The molecule has 1 unspecified atom stereocenters. The molecule has 0 aliphatic carbocycles. The fourth-order valence-corrected chi connectivity index (χ4v) is 2.06. The van der Waals surface area contributed by atoms with Gasteiger partial charge >= 0.3 is 8.56 Å². The van der Waals surface area contributed by atoms with E-state index in [9.17, 15) is 4.79 Å². The second-order valence-electron chi connectivity index (χ2n) is 3.61. The lowest BCUT2D eigenvalue weighted by molar-refractivity contribution is -0.122. The van der Waals surface area contributed by atoms with Crippen molar-refractivity contribution >= 4 is 14.3 Å². The highest BCUT2D eigenvalue weighted by molar-refractivity contribution is 6.64. The fraction of sp³-hybridized carbons (Fsp3) is 0.700. The van der Waals surface area contributed by atoms with Crippen molar-refractivity contribution in [3.63, 3.8) is 0 Å². The molecule has 0 N–H and O–H groups in total. The van der Waals surface area contributed by atoms with Gasteiger partial charge in [0.15, 0.2) is 5.78 Å². The lowest BCUT2D eigenvalue weighted by Gasteiger charge is -2.25. The third-order valence-corrected chi connectivity index (χ3v) is 3.82. The molecule has 82 valence electrons. The predicted octanol–water partition coefficient (Wildman–Crippen LogP) is 2.28. The summed E-state index contributed by atoms with van der Waals surface area (Å²) in [6, 6.07) is 0. The maximum absolute atomic E-state index is 11.4. The van der Waals surface area contributed by atoms with Crippen molar-refractivity contribution in [2.45, 2.75) is 39.0 Å². The lowest BCUT2D eigenvalue weighted by atomic mass is 10.1. The SMILES string of the molecule is C=CC(=O)C(CCC)O[Si](C)(C)OC. The topological polar surface area (TPSA) is 35.5 Å². The molecule has 1 atom stereocenters. The lowest BCUT2D eigenvalue weighted by Crippen LogP contribution is -2.40. The monoisotopic (exact) mass is 216 g/mol. The highest BCUT2D eigenvalue weighted by Crippen LogP contribution is 2.13. The maximum atomic E-state index is 11.4. The minimum absolute atomic E-state index is 0.0514. The van der Waals surface area contributed by atoms with Crippen LogP contribution >= 0.6 is 0 Å². The average molecular weight is 216 g/mol. The van der Waals surface area contributed by atoms with Gasteiger partial charge in [0.1, 0.15) is 6.10 Å². The summed E-state index contributed by atoms with van der Waals surface area (Å²) in [5.74, 6) is -0.0514. The summed E-state index contributed by atoms with van der Waals surface area (Å²) in [4.78, 5) is 11.4. The summed E-state index contributed by atoms with van der Waals surface area (Å²) in [5, 5.41) is 0. The number of hydrogen-bond acceptors (Lipinski definition) is 3. The van der Waals surface area contributed by atoms with Gasteiger partial charge in [-0.2, -0.15) is 0 Å². The molecule has 14 heavy (non-hydrogen) atoms. The van der Waals surface area contributed by atoms with E-state index in [2.05, 4.69) is 6.58 Å². The van der Waals surface area contributed by atoms with Crippen molar-refractivity contribution in [1.82, 2.24) is 0 Å². The summed E-state index contributed by atoms with van der Waals surface area (Å²) in [5.41, 5.74) is 0. The maximum Gasteiger partial charge on any atom is 0.332 e. The highest BCUT2D eigenvalue weighted by atomic mass is 28.4. The van der Waals surface area contributed by atoms with Crippen LogP contribution in [-0.2, 0) is 13.6 Å². The van der Waals surface area contributed by atoms with E-state index in [0.29, 0.717) is 0 Å². The van der Waals surface area contributed by atoms with Gasteiger partial charge in [-0.15, -0.1) is 0 Å². The highest BCUT2D eigenvalue weighted by Gasteiger charge is 2.29. The van der Waals surface area contributed by atoms with Crippen molar-refractivity contribution in [3.05, 3.63) is 12.7 Å². The molecule has 0 aromatic heterocycles. The first-order valence-corrected chi connectivity index (χ1v) is 7.67. The van der Waals surface area contributed by atoms with Crippen LogP contribution in [0.2, 0.25) is 13.1 Å². The van der Waals surface area contributed by atoms with Crippen molar-refractivity contribution < 1.29 is 13.6 Å². The second-order valence-corrected chi connectivity index (χ2v) is 7.05. The fourth-order valence-electron chi connectivity index (χ4n) is 1.04. The predicted molar refractivity (Wildman–Crippen MR) is 59.5 cm³/mol. The van der Waals surface area contributed by atoms with Gasteiger partial charge in [0, 0.05) is 7.11 Å². The van der Waals surface area contributed by atoms with Crippen LogP contribution in [0, 0.1) is 0 Å². The molecule has 0 saturated carbocycles. The minimum Gasteiger partial charge on any atom is -0.398 e. The van der Waals surface area contributed by atoms with Crippen molar-refractivity contribution in [2.75, 3.05) is 7.11 Å². The molecule has 0 radical (unpaired) electrons. The summed E-state index contributed by atoms with van der Waals surface area (Å²) in [7, 11) is -0.507. The molecule has 0 spiro atoms. The molecule has 0 amide bonds. The van der Waals surface area contributed by atoms with E-state index < -0.39 is 8.56 Å². The molecule has 0 aromatic rings. The molecule has 0 rings (SSSR count). The zero-order valence-electron chi connectivity index (χ0n) is 9.50. The van der Waals surface area contributed by atoms with Crippen LogP contribution in [0.4, 0.5) is 0 Å². The van der Waals surface area contributed by atoms with Gasteiger partial charge in [0.2, 0.25) is 0 Å². The van der Waals surface area contributed by atoms with Gasteiger partial charge in [-0.25, -0.2) is 0 Å². The Morgan fingerprint density at radius 2 is 2.14 bits per heavy atom. The van der Waals surface area contributed by atoms with Crippen LogP contribution in [0.5, 0.6) is 0 Å². The van der Waals surface area contributed by atoms with Gasteiger partial charge in [0.25, 0.3) is 0 Å². The number of carbonyl (C=O) groups excluding carboxylic acids is 1. The Hall–Kier alpha value is -0.453. The molecule has 0 aromatic carbocycles. The first-order valence-electron chi connectivity index (χ1n) is 4.86. The van der Waals surface area contributed by atoms with Gasteiger partial charge in [-0.3, -0.25) is 4.79 Å². The summed E-state index contributed by atoms with van der Waals surface area (Å²) in [6.45, 7) is 9.33. The summed E-state index contributed by atoms with van der Waals surface area (Å²) in [6.07, 6.45) is 2.59. The van der Waals surface area contributed by atoms with E-state index in [4.69, 9.17) is 8.85 Å². The molecule has 0 saturated heterocycles. The number of ketones is 1. The zero-order valence-corrected chi connectivity index (χ0v) is 10.5. The Labute approximate surface area is 87.4 Å². The van der Waals surface area contributed by atoms with E-state index in [0.717, 1.165) is 12.8 Å². The molecule has 0 aliphatic rings. The number of hydrogen-bond donors (Lipinski definition) is 0. The Morgan fingerprint density at radius 3 is 2.50 bits per heavy atom. The Balaban J connectivity index is 4.36. The third kappa shape index (κ3) is 4.69. The largest absolute Gasteiger partial charge is 0.398 e. The normalized spacial score (nSPS) is 13.7. The average Bonchev–Trinajstić information content (AvgIpc) is 2.16. The Morgan fingerprint density at radius 1 is 1.57 bits per heavy atom. The molecule has 4 heteroatoms. The molecular weight excluding hydrogens is 196 g/mol. The van der Waals surface area contributed by atoms with Crippen LogP contribution in [0.3, 0.4) is 0 Å². The van der Waals surface area contributed by atoms with Crippen LogP contribution in [0.25, 0.3) is 0 Å². The van der Waals surface area contributed by atoms with Crippen LogP contribution in [0.1, 0.15) is 19.8 Å². The second kappa shape index (κ2) is 6.11. The van der Waals surface area contributed by atoms with E-state index >= 15 is 0 Å². The Bertz CT molecular complexity index is 202. The van der Waals surface area contributed by atoms with Gasteiger partial charge < -0.3 is 8.85 Å². The molecule has 3 nitrogen and oxygen atoms in total. The summed E-state index contributed by atoms with van der Waals surface area (Å²) < 4.78 is 10.9. The van der Waals surface area contributed by atoms with Crippen molar-refractivity contribution in [3.8, 4) is 0 Å². The molecular formula is C10H20O3Si. The first-order chi connectivity index (χ1) is 6.46. The Kier molecular flexibility index (Phi) is 5.91. The van der Waals surface area contributed by atoms with Crippen LogP contribution < -0.4 is 0 Å². The van der Waals surface area contributed by atoms with E-state index in [1.54, 1.807) is 7.11 Å². The van der Waals surface area contributed by atoms with Crippen LogP contribution in [-0.4, -0.2) is 27.6 Å². The first kappa shape index (κ1) is 13.5. The van der Waals surface area contributed by atoms with E-state index in [1.807, 2.05) is 20.0 Å². The van der Waals surface area contributed by atoms with Gasteiger partial charge in [-0.05, 0) is 25.6 Å². The standard InChI is InChI=1S/C10H20O3Si/c1-6-8-10(9(11)7-2)13-14(4,5)12-3/h7,10H,2,6,8H2,1,3-5H3. The third-order valence-electron chi connectivity index (χ3n) is 1.99. The minimum atomic E-state index is -2.13. The van der Waals surface area contributed by atoms with Crippen molar-refractivity contribution in [1.29, 1.82) is 0 Å². The quantitative estimate of drug-likeness (QED) is 0.484. The van der Waals surface area contributed by atoms with Gasteiger partial charge in [-0.1, -0.05) is 19.9 Å². The smallest absolute Gasteiger partial charge is 0.332 e. The van der Waals surface area contributed by atoms with Crippen LogP contribution in [0.15, 0.2) is 12.7 Å². The summed E-state index contributed by atoms with van der Waals surface area (Å²) >= 11 is 0. The van der Waals surface area contributed by atoms with E-state index in [-0.39, 0.29) is 11.9 Å². The number of rotatable bonds is 7. The van der Waals surface area contributed by atoms with Crippen molar-refractivity contribution in [2.24, 2.45) is 0 Å². The molecule has 0 aliphatic heterocycles. The molecule has 0 heterocycles.